The zero-order chi connectivity index (χ0) is 22.5. The number of aryl methyl sites for hydroxylation is 1. The maximum atomic E-state index is 15.2. The quantitative estimate of drug-likeness (QED) is 0.628. The summed E-state index contributed by atoms with van der Waals surface area (Å²) in [4.78, 5) is 7.58. The fraction of sp³-hybridized carbons (Fsp3) is 0.524. The SMILES string of the molecule is CN(c1cnc(-c2ccc(-c3nnn(C)n3)cc2O)nn1)[C@H]1C[C@]2(C)CCC[C@@H](N2)[C@H]1F. The minimum atomic E-state index is -0.985. The molecule has 32 heavy (non-hydrogen) atoms. The Bertz CT molecular complexity index is 1120. The first kappa shape index (κ1) is 20.7. The van der Waals surface area contributed by atoms with Crippen LogP contribution in [0.5, 0.6) is 5.75 Å². The first-order valence-corrected chi connectivity index (χ1v) is 10.7. The minimum Gasteiger partial charge on any atom is -0.507 e. The number of hydrogen-bond acceptors (Lipinski definition) is 9. The molecule has 2 bridgehead atoms. The summed E-state index contributed by atoms with van der Waals surface area (Å²) in [6, 6.07) is 4.57. The molecule has 4 heterocycles. The molecule has 2 aliphatic heterocycles. The molecule has 3 aromatic rings. The van der Waals surface area contributed by atoms with Crippen LogP contribution in [0.4, 0.5) is 10.2 Å². The number of alkyl halides is 1. The Kier molecular flexibility index (Phi) is 5.00. The van der Waals surface area contributed by atoms with Crippen LogP contribution in [0.3, 0.4) is 0 Å². The van der Waals surface area contributed by atoms with Gasteiger partial charge in [-0.1, -0.05) is 6.07 Å². The molecule has 1 aromatic carbocycles. The largest absolute Gasteiger partial charge is 0.507 e. The van der Waals surface area contributed by atoms with Gasteiger partial charge in [0.2, 0.25) is 5.82 Å². The van der Waals surface area contributed by atoms with Gasteiger partial charge in [0.25, 0.3) is 0 Å². The van der Waals surface area contributed by atoms with Crippen molar-refractivity contribution < 1.29 is 9.50 Å². The molecule has 2 aliphatic rings. The Balaban J connectivity index is 1.36. The van der Waals surface area contributed by atoms with Crippen LogP contribution in [0.2, 0.25) is 0 Å². The smallest absolute Gasteiger partial charge is 0.205 e. The second-order valence-corrected chi connectivity index (χ2v) is 9.00. The van der Waals surface area contributed by atoms with Crippen LogP contribution >= 0.6 is 0 Å². The highest BCUT2D eigenvalue weighted by Gasteiger charge is 2.47. The molecule has 5 rings (SSSR count). The van der Waals surface area contributed by atoms with Gasteiger partial charge in [0.15, 0.2) is 11.6 Å². The zero-order valence-electron chi connectivity index (χ0n) is 18.3. The summed E-state index contributed by atoms with van der Waals surface area (Å²) < 4.78 is 15.2. The van der Waals surface area contributed by atoms with Crippen LogP contribution in [0.25, 0.3) is 22.8 Å². The summed E-state index contributed by atoms with van der Waals surface area (Å²) in [5, 5.41) is 34.3. The number of nitrogens with one attached hydrogen (secondary N) is 1. The van der Waals surface area contributed by atoms with Crippen molar-refractivity contribution in [3.8, 4) is 28.5 Å². The highest BCUT2D eigenvalue weighted by atomic mass is 19.1. The summed E-state index contributed by atoms with van der Waals surface area (Å²) in [6.45, 7) is 2.17. The van der Waals surface area contributed by atoms with Crippen molar-refractivity contribution in [2.75, 3.05) is 11.9 Å². The predicted molar refractivity (Wildman–Crippen MR) is 116 cm³/mol. The Morgan fingerprint density at radius 3 is 2.78 bits per heavy atom. The van der Waals surface area contributed by atoms with E-state index in [-0.39, 0.29) is 29.2 Å². The third-order valence-corrected chi connectivity index (χ3v) is 6.60. The number of nitrogens with zero attached hydrogens (tertiary/aromatic N) is 8. The third-order valence-electron chi connectivity index (χ3n) is 6.60. The fourth-order valence-corrected chi connectivity index (χ4v) is 4.88. The van der Waals surface area contributed by atoms with Crippen LogP contribution in [0.1, 0.15) is 32.6 Å². The maximum absolute atomic E-state index is 15.2. The van der Waals surface area contributed by atoms with E-state index in [4.69, 9.17) is 0 Å². The molecule has 2 fully saturated rings. The van der Waals surface area contributed by atoms with E-state index in [0.717, 1.165) is 19.3 Å². The van der Waals surface area contributed by atoms with Gasteiger partial charge < -0.3 is 15.3 Å². The predicted octanol–water partition coefficient (Wildman–Crippen LogP) is 1.88. The van der Waals surface area contributed by atoms with E-state index in [1.165, 1.54) is 10.9 Å². The first-order chi connectivity index (χ1) is 15.3. The summed E-state index contributed by atoms with van der Waals surface area (Å²) in [7, 11) is 3.51. The number of piperidine rings is 2. The Morgan fingerprint density at radius 2 is 2.09 bits per heavy atom. The number of aromatic nitrogens is 7. The first-order valence-electron chi connectivity index (χ1n) is 10.7. The Morgan fingerprint density at radius 1 is 1.25 bits per heavy atom. The van der Waals surface area contributed by atoms with Crippen molar-refractivity contribution in [2.24, 2.45) is 7.05 Å². The van der Waals surface area contributed by atoms with Gasteiger partial charge >= 0.3 is 0 Å². The van der Waals surface area contributed by atoms with E-state index in [1.54, 1.807) is 25.4 Å². The number of hydrogen-bond donors (Lipinski definition) is 2. The number of phenols is 1. The highest BCUT2D eigenvalue weighted by molar-refractivity contribution is 5.69. The lowest BCUT2D eigenvalue weighted by molar-refractivity contribution is 0.0607. The van der Waals surface area contributed by atoms with Gasteiger partial charge in [0.05, 0.1) is 24.8 Å². The molecule has 10 nitrogen and oxygen atoms in total. The van der Waals surface area contributed by atoms with Crippen molar-refractivity contribution in [1.29, 1.82) is 0 Å². The normalized spacial score (nSPS) is 27.3. The Labute approximate surface area is 184 Å². The molecule has 2 aromatic heterocycles. The molecular formula is C21H26FN9O. The summed E-state index contributed by atoms with van der Waals surface area (Å²) >= 11 is 0. The second kappa shape index (κ2) is 7.73. The lowest BCUT2D eigenvalue weighted by atomic mass is 9.74. The minimum absolute atomic E-state index is 0.0132. The second-order valence-electron chi connectivity index (χ2n) is 9.00. The molecule has 11 heteroatoms. The number of fused-ring (bicyclic) bond motifs is 2. The monoisotopic (exact) mass is 439 g/mol. The average Bonchev–Trinajstić information content (AvgIpc) is 3.22. The lowest BCUT2D eigenvalue weighted by Crippen LogP contribution is -2.66. The van der Waals surface area contributed by atoms with Gasteiger partial charge in [-0.15, -0.1) is 20.4 Å². The van der Waals surface area contributed by atoms with Crippen molar-refractivity contribution in [1.82, 2.24) is 40.7 Å². The van der Waals surface area contributed by atoms with Crippen LogP contribution in [0.15, 0.2) is 24.4 Å². The van der Waals surface area contributed by atoms with Gasteiger partial charge in [-0.25, -0.2) is 9.37 Å². The maximum Gasteiger partial charge on any atom is 0.205 e. The Hall–Kier alpha value is -3.21. The van der Waals surface area contributed by atoms with Crippen molar-refractivity contribution in [3.05, 3.63) is 24.4 Å². The average molecular weight is 439 g/mol. The molecule has 0 unspecified atom stereocenters. The molecular weight excluding hydrogens is 413 g/mol. The molecule has 0 spiro atoms. The molecule has 0 aliphatic carbocycles. The molecule has 0 amide bonds. The van der Waals surface area contributed by atoms with Gasteiger partial charge in [-0.2, -0.15) is 4.80 Å². The molecule has 0 radical (unpaired) electrons. The number of anilines is 1. The van der Waals surface area contributed by atoms with Crippen LogP contribution < -0.4 is 10.2 Å². The summed E-state index contributed by atoms with van der Waals surface area (Å²) in [5.41, 5.74) is 1.01. The summed E-state index contributed by atoms with van der Waals surface area (Å²) in [6.07, 6.45) is 4.24. The summed E-state index contributed by atoms with van der Waals surface area (Å²) in [5.74, 6) is 1.18. The van der Waals surface area contributed by atoms with Gasteiger partial charge in [0, 0.05) is 24.2 Å². The van der Waals surface area contributed by atoms with Crippen LogP contribution in [-0.4, -0.2) is 71.3 Å². The van der Waals surface area contributed by atoms with Crippen molar-refractivity contribution in [2.45, 2.75) is 56.4 Å². The molecule has 4 atom stereocenters. The number of aromatic hydroxyl groups is 1. The van der Waals surface area contributed by atoms with Crippen LogP contribution in [-0.2, 0) is 7.05 Å². The van der Waals surface area contributed by atoms with E-state index < -0.39 is 6.17 Å². The van der Waals surface area contributed by atoms with E-state index in [0.29, 0.717) is 29.2 Å². The van der Waals surface area contributed by atoms with E-state index >= 15 is 4.39 Å². The van der Waals surface area contributed by atoms with E-state index in [9.17, 15) is 5.11 Å². The van der Waals surface area contributed by atoms with Crippen molar-refractivity contribution >= 4 is 5.82 Å². The standard InChI is InChI=1S/C21H26FN9O/c1-21-8-4-5-14(24-21)18(22)15(10-21)30(2)17-11-23-20(26-25-17)13-7-6-12(9-16(13)32)19-27-29-31(3)28-19/h6-7,9,11,14-15,18,24,32H,4-5,8,10H2,1-3H3/t14-,15+,18-,21+/m1/s1. The number of tetrazole rings is 1. The van der Waals surface area contributed by atoms with Gasteiger partial charge in [0.1, 0.15) is 11.9 Å². The van der Waals surface area contributed by atoms with E-state index in [1.807, 2.05) is 11.9 Å². The lowest BCUT2D eigenvalue weighted by Gasteiger charge is -2.51. The van der Waals surface area contributed by atoms with E-state index in [2.05, 4.69) is 42.8 Å². The molecule has 2 N–H and O–H groups in total. The zero-order valence-corrected chi connectivity index (χ0v) is 18.3. The highest BCUT2D eigenvalue weighted by Crippen LogP contribution is 2.38. The number of rotatable bonds is 4. The van der Waals surface area contributed by atoms with Crippen molar-refractivity contribution in [3.63, 3.8) is 0 Å². The topological polar surface area (TPSA) is 118 Å². The molecule has 2 saturated heterocycles. The molecule has 168 valence electrons. The van der Waals surface area contributed by atoms with Gasteiger partial charge in [-0.3, -0.25) is 0 Å². The van der Waals surface area contributed by atoms with Gasteiger partial charge in [-0.05, 0) is 50.0 Å². The van der Waals surface area contributed by atoms with Crippen LogP contribution in [0, 0.1) is 0 Å². The number of benzene rings is 1. The fourth-order valence-electron chi connectivity index (χ4n) is 4.88. The number of phenolic OH excluding ortho intramolecular Hbond substituents is 1. The third kappa shape index (κ3) is 3.66. The molecule has 0 saturated carbocycles. The number of halogens is 1.